The number of aliphatic hydroxyl groups is 1. The molecule has 0 aliphatic carbocycles. The molecule has 344 valence electrons. The quantitative estimate of drug-likeness (QED) is 0.137. The molecule has 2 aliphatic heterocycles. The van der Waals surface area contributed by atoms with Crippen LogP contribution in [0.3, 0.4) is 0 Å². The highest BCUT2D eigenvalue weighted by molar-refractivity contribution is 5.92. The van der Waals surface area contributed by atoms with Gasteiger partial charge in [0.25, 0.3) is 11.1 Å². The molecule has 4 heterocycles. The number of hydrogen-bond donors (Lipinski definition) is 3. The van der Waals surface area contributed by atoms with Crippen molar-refractivity contribution in [1.29, 1.82) is 0 Å². The monoisotopic (exact) mass is 890 g/mol. The Balaban J connectivity index is 0.000000241. The molecule has 2 fully saturated rings. The average Bonchev–Trinajstić information content (AvgIpc) is 3.85. The number of ether oxygens (including phenoxy) is 6. The first kappa shape index (κ1) is 48.6. The molecule has 6 rings (SSSR count). The number of carbonyl (C=O) groups excluding carboxylic acids is 4. The van der Waals surface area contributed by atoms with Crippen LogP contribution >= 0.6 is 0 Å². The number of aromatic amines is 2. The summed E-state index contributed by atoms with van der Waals surface area (Å²) in [6, 6.07) is 6.83. The van der Waals surface area contributed by atoms with Gasteiger partial charge in [0.1, 0.15) is 30.8 Å². The first-order valence-corrected chi connectivity index (χ1v) is 20.7. The third-order valence-corrected chi connectivity index (χ3v) is 11.4. The maximum absolute atomic E-state index is 12.3. The standard InChI is InChI=1S/C23H28N2O7.C22H26N2O8/c1-6-17-18(9-19(31-17)25-10-14(4)21(27)24-23(25)29)32-20(26)11-30-22(28)16-7-12(2)15(5)13(3)8-16;1-11-5-15(6-12(2)14(11)4)21(28)30-10-19(26)32-16-7-18(31-17(16)9-25)24-8-13(3)20(27)23-22(24)29/h7-8,10,17-19H,6,9,11H2,1-5H3,(H,24,27,29);5-6,8,16-18,25H,7,9-10H2,1-4H3,(H,23,27,29). The second kappa shape index (κ2) is 20.8. The smallest absolute Gasteiger partial charge is 0.344 e. The molecule has 3 N–H and O–H groups in total. The van der Waals surface area contributed by atoms with Crippen LogP contribution in [0.1, 0.15) is 104 Å². The van der Waals surface area contributed by atoms with Gasteiger partial charge >= 0.3 is 35.3 Å². The van der Waals surface area contributed by atoms with Gasteiger partial charge in [-0.1, -0.05) is 6.92 Å². The van der Waals surface area contributed by atoms with E-state index < -0.39 is 103 Å². The molecule has 2 aliphatic rings. The number of nitrogens with one attached hydrogen (secondary N) is 2. The van der Waals surface area contributed by atoms with Crippen molar-refractivity contribution in [2.45, 2.75) is 118 Å². The van der Waals surface area contributed by atoms with Crippen LogP contribution in [-0.4, -0.2) is 92.3 Å². The Morgan fingerprint density at radius 1 is 0.609 bits per heavy atom. The van der Waals surface area contributed by atoms with Crippen molar-refractivity contribution in [2.75, 3.05) is 19.8 Å². The number of aromatic nitrogens is 4. The number of benzene rings is 2. The van der Waals surface area contributed by atoms with Gasteiger partial charge in [-0.25, -0.2) is 28.8 Å². The Bertz CT molecular complexity index is 2430. The number of nitrogens with zero attached hydrogens (tertiary/aromatic N) is 2. The van der Waals surface area contributed by atoms with Crippen molar-refractivity contribution in [3.8, 4) is 0 Å². The fraction of sp³-hybridized carbons (Fsp3) is 0.467. The molecule has 2 aromatic heterocycles. The Morgan fingerprint density at radius 3 is 1.33 bits per heavy atom. The molecule has 0 radical (unpaired) electrons. The number of aryl methyl sites for hydroxylation is 6. The van der Waals surface area contributed by atoms with Crippen LogP contribution in [0, 0.1) is 55.4 Å². The van der Waals surface area contributed by atoms with Crippen LogP contribution in [0.2, 0.25) is 0 Å². The largest absolute Gasteiger partial charge is 0.457 e. The van der Waals surface area contributed by atoms with Crippen LogP contribution in [0.25, 0.3) is 0 Å². The van der Waals surface area contributed by atoms with E-state index in [1.165, 1.54) is 28.5 Å². The predicted octanol–water partition coefficient (Wildman–Crippen LogP) is 3.06. The Labute approximate surface area is 367 Å². The summed E-state index contributed by atoms with van der Waals surface area (Å²) >= 11 is 0. The summed E-state index contributed by atoms with van der Waals surface area (Å²) in [6.07, 6.45) is -0.662. The van der Waals surface area contributed by atoms with Crippen molar-refractivity contribution >= 4 is 23.9 Å². The van der Waals surface area contributed by atoms with Gasteiger partial charge in [-0.2, -0.15) is 0 Å². The van der Waals surface area contributed by atoms with Gasteiger partial charge in [0.2, 0.25) is 0 Å². The highest BCUT2D eigenvalue weighted by atomic mass is 16.6. The van der Waals surface area contributed by atoms with Gasteiger partial charge in [-0.3, -0.25) is 28.7 Å². The fourth-order valence-electron chi connectivity index (χ4n) is 7.25. The predicted molar refractivity (Wildman–Crippen MR) is 228 cm³/mol. The summed E-state index contributed by atoms with van der Waals surface area (Å²) in [5, 5.41) is 9.58. The topological polar surface area (TPSA) is 254 Å². The van der Waals surface area contributed by atoms with Crippen molar-refractivity contribution in [3.63, 3.8) is 0 Å². The van der Waals surface area contributed by atoms with Gasteiger partial charge in [0, 0.05) is 36.4 Å². The van der Waals surface area contributed by atoms with E-state index >= 15 is 0 Å². The van der Waals surface area contributed by atoms with Gasteiger partial charge in [-0.05, 0) is 119 Å². The Kier molecular flexibility index (Phi) is 15.8. The van der Waals surface area contributed by atoms with E-state index in [9.17, 15) is 43.5 Å². The molecular weight excluding hydrogens is 837 g/mol. The summed E-state index contributed by atoms with van der Waals surface area (Å²) in [5.74, 6) is -2.76. The average molecular weight is 891 g/mol. The molecule has 0 amide bonds. The fourth-order valence-corrected chi connectivity index (χ4v) is 7.25. The van der Waals surface area contributed by atoms with Crippen LogP contribution in [0.5, 0.6) is 0 Å². The minimum Gasteiger partial charge on any atom is -0.457 e. The summed E-state index contributed by atoms with van der Waals surface area (Å²) in [4.78, 5) is 101. The molecule has 19 heteroatoms. The lowest BCUT2D eigenvalue weighted by Crippen LogP contribution is -2.33. The summed E-state index contributed by atoms with van der Waals surface area (Å²) in [6.45, 7) is 14.9. The molecule has 0 spiro atoms. The van der Waals surface area contributed by atoms with Gasteiger partial charge in [0.15, 0.2) is 13.2 Å². The molecular formula is C45H54N4O15. The second-order valence-corrected chi connectivity index (χ2v) is 16.0. The lowest BCUT2D eigenvalue weighted by Gasteiger charge is -2.17. The molecule has 0 bridgehead atoms. The molecule has 19 nitrogen and oxygen atoms in total. The molecule has 2 saturated heterocycles. The number of carbonyl (C=O) groups is 4. The molecule has 6 unspecified atom stereocenters. The third kappa shape index (κ3) is 11.6. The number of aliphatic hydroxyl groups excluding tert-OH is 1. The van der Waals surface area contributed by atoms with E-state index in [2.05, 4.69) is 9.97 Å². The molecule has 64 heavy (non-hydrogen) atoms. The van der Waals surface area contributed by atoms with E-state index in [-0.39, 0.29) is 12.8 Å². The van der Waals surface area contributed by atoms with E-state index in [0.717, 1.165) is 33.4 Å². The maximum atomic E-state index is 12.3. The number of H-pyrrole nitrogens is 2. The lowest BCUT2D eigenvalue weighted by atomic mass is 10.0. The van der Waals surface area contributed by atoms with E-state index in [1.54, 1.807) is 31.2 Å². The molecule has 4 aromatic rings. The van der Waals surface area contributed by atoms with Crippen molar-refractivity contribution in [3.05, 3.63) is 134 Å². The van der Waals surface area contributed by atoms with Gasteiger partial charge < -0.3 is 33.5 Å². The van der Waals surface area contributed by atoms with E-state index in [4.69, 9.17) is 28.4 Å². The zero-order chi connectivity index (χ0) is 47.2. The Morgan fingerprint density at radius 2 is 0.969 bits per heavy atom. The van der Waals surface area contributed by atoms with E-state index in [1.807, 2.05) is 48.5 Å². The first-order valence-electron chi connectivity index (χ1n) is 20.7. The van der Waals surface area contributed by atoms with Crippen LogP contribution < -0.4 is 22.5 Å². The van der Waals surface area contributed by atoms with Gasteiger partial charge in [-0.15, -0.1) is 0 Å². The molecule has 2 aromatic carbocycles. The number of hydrogen-bond acceptors (Lipinski definition) is 15. The number of rotatable bonds is 12. The van der Waals surface area contributed by atoms with Crippen LogP contribution in [-0.2, 0) is 38.0 Å². The van der Waals surface area contributed by atoms with Crippen molar-refractivity contribution < 1.29 is 52.7 Å². The first-order chi connectivity index (χ1) is 30.2. The third-order valence-electron chi connectivity index (χ3n) is 11.4. The van der Waals surface area contributed by atoms with E-state index in [0.29, 0.717) is 28.7 Å². The highest BCUT2D eigenvalue weighted by Gasteiger charge is 2.40. The highest BCUT2D eigenvalue weighted by Crippen LogP contribution is 2.32. The SMILES string of the molecule is CCC1OC(n2cc(C)c(=O)[nH]c2=O)CC1OC(=O)COC(=O)c1cc(C)c(C)c(C)c1.Cc1cc(C(=O)OCC(=O)OC2CC(n3cc(C)c(=O)[nH]c3=O)OC2CO)cc(C)c1C. The normalized spacial score (nSPS) is 20.2. The zero-order valence-corrected chi connectivity index (χ0v) is 37.2. The number of esters is 4. The van der Waals surface area contributed by atoms with Crippen LogP contribution in [0.15, 0.2) is 55.8 Å². The molecule has 0 saturated carbocycles. The second-order valence-electron chi connectivity index (χ2n) is 16.0. The summed E-state index contributed by atoms with van der Waals surface area (Å²) in [5.41, 5.74) is 5.13. The van der Waals surface area contributed by atoms with Crippen molar-refractivity contribution in [2.24, 2.45) is 0 Å². The summed E-state index contributed by atoms with van der Waals surface area (Å²) in [7, 11) is 0. The lowest BCUT2D eigenvalue weighted by molar-refractivity contribution is -0.157. The maximum Gasteiger partial charge on any atom is 0.344 e. The van der Waals surface area contributed by atoms with Crippen LogP contribution in [0.4, 0.5) is 0 Å². The molecule has 6 atom stereocenters. The summed E-state index contributed by atoms with van der Waals surface area (Å²) < 4.78 is 35.0. The minimum atomic E-state index is -0.874. The zero-order valence-electron chi connectivity index (χ0n) is 37.2. The minimum absolute atomic E-state index is 0.0760. The Hall–Kier alpha value is -6.44. The van der Waals surface area contributed by atoms with Gasteiger partial charge in [0.05, 0.1) is 23.8 Å². The van der Waals surface area contributed by atoms with Crippen molar-refractivity contribution in [1.82, 2.24) is 19.1 Å².